The summed E-state index contributed by atoms with van der Waals surface area (Å²) in [5, 5.41) is 0. The van der Waals surface area contributed by atoms with Crippen LogP contribution in [-0.4, -0.2) is 5.78 Å². The molecule has 0 atom stereocenters. The van der Waals surface area contributed by atoms with Crippen LogP contribution < -0.4 is 0 Å². The molecule has 84 valence electrons. The van der Waals surface area contributed by atoms with E-state index in [0.717, 1.165) is 28.7 Å². The normalized spacial score (nSPS) is 13.8. The van der Waals surface area contributed by atoms with E-state index < -0.39 is 0 Å². The minimum atomic E-state index is -0.239. The maximum Gasteiger partial charge on any atom is 0.163 e. The standard InChI is InChI=1S/C15H11FO/c16-11-6-4-10(5-7-11)12-2-1-3-14-13(12)8-9-15(14)17/h1-7H,8-9H2. The van der Waals surface area contributed by atoms with Crippen LogP contribution in [0.25, 0.3) is 11.1 Å². The second kappa shape index (κ2) is 3.81. The Labute approximate surface area is 98.9 Å². The first-order chi connectivity index (χ1) is 8.25. The van der Waals surface area contributed by atoms with Crippen molar-refractivity contribution in [1.29, 1.82) is 0 Å². The molecule has 0 fully saturated rings. The van der Waals surface area contributed by atoms with Crippen molar-refractivity contribution >= 4 is 5.78 Å². The van der Waals surface area contributed by atoms with Gasteiger partial charge < -0.3 is 0 Å². The lowest BCUT2D eigenvalue weighted by atomic mass is 9.97. The van der Waals surface area contributed by atoms with Crippen molar-refractivity contribution in [3.05, 3.63) is 59.4 Å². The van der Waals surface area contributed by atoms with E-state index in [0.29, 0.717) is 6.42 Å². The summed E-state index contributed by atoms with van der Waals surface area (Å²) in [6.07, 6.45) is 1.38. The molecule has 0 N–H and O–H groups in total. The molecule has 0 amide bonds. The molecule has 0 unspecified atom stereocenters. The summed E-state index contributed by atoms with van der Waals surface area (Å²) in [5.41, 5.74) is 3.95. The van der Waals surface area contributed by atoms with Crippen molar-refractivity contribution in [2.24, 2.45) is 0 Å². The Morgan fingerprint density at radius 3 is 2.35 bits per heavy atom. The van der Waals surface area contributed by atoms with Crippen molar-refractivity contribution < 1.29 is 9.18 Å². The number of hydrogen-bond acceptors (Lipinski definition) is 1. The van der Waals surface area contributed by atoms with Crippen LogP contribution in [0.4, 0.5) is 4.39 Å². The van der Waals surface area contributed by atoms with Gasteiger partial charge in [0.2, 0.25) is 0 Å². The predicted molar refractivity (Wildman–Crippen MR) is 64.5 cm³/mol. The highest BCUT2D eigenvalue weighted by Gasteiger charge is 2.21. The average Bonchev–Trinajstić information content (AvgIpc) is 2.73. The molecule has 2 aromatic carbocycles. The number of hydrogen-bond donors (Lipinski definition) is 0. The van der Waals surface area contributed by atoms with Crippen LogP contribution in [0.15, 0.2) is 42.5 Å². The third kappa shape index (κ3) is 1.66. The highest BCUT2D eigenvalue weighted by atomic mass is 19.1. The molecule has 0 radical (unpaired) electrons. The molecule has 0 aromatic heterocycles. The van der Waals surface area contributed by atoms with E-state index in [1.165, 1.54) is 12.1 Å². The number of carbonyl (C=O) groups excluding carboxylic acids is 1. The maximum absolute atomic E-state index is 12.9. The summed E-state index contributed by atoms with van der Waals surface area (Å²) >= 11 is 0. The third-order valence-corrected chi connectivity index (χ3v) is 3.23. The number of ketones is 1. The number of fused-ring (bicyclic) bond motifs is 1. The molecule has 1 aliphatic rings. The second-order valence-corrected chi connectivity index (χ2v) is 4.26. The molecule has 0 heterocycles. The van der Waals surface area contributed by atoms with Crippen molar-refractivity contribution in [1.82, 2.24) is 0 Å². The van der Waals surface area contributed by atoms with E-state index in [1.54, 1.807) is 12.1 Å². The Morgan fingerprint density at radius 1 is 0.882 bits per heavy atom. The summed E-state index contributed by atoms with van der Waals surface area (Å²) < 4.78 is 12.9. The fourth-order valence-electron chi connectivity index (χ4n) is 2.39. The summed E-state index contributed by atoms with van der Waals surface area (Å²) in [5.74, 6) is -0.0265. The minimum absolute atomic E-state index is 0.212. The van der Waals surface area contributed by atoms with Gasteiger partial charge in [0.1, 0.15) is 5.82 Å². The summed E-state index contributed by atoms with van der Waals surface area (Å²) in [4.78, 5) is 11.6. The molecule has 0 saturated carbocycles. The summed E-state index contributed by atoms with van der Waals surface area (Å²) in [6.45, 7) is 0. The molecular formula is C15H11FO. The third-order valence-electron chi connectivity index (χ3n) is 3.23. The largest absolute Gasteiger partial charge is 0.294 e. The van der Waals surface area contributed by atoms with Crippen LogP contribution in [0, 0.1) is 5.82 Å². The second-order valence-electron chi connectivity index (χ2n) is 4.26. The smallest absolute Gasteiger partial charge is 0.163 e. The van der Waals surface area contributed by atoms with E-state index in [1.807, 2.05) is 18.2 Å². The van der Waals surface area contributed by atoms with Gasteiger partial charge in [0.15, 0.2) is 5.78 Å². The predicted octanol–water partition coefficient (Wildman–Crippen LogP) is 3.62. The number of halogens is 1. The zero-order valence-corrected chi connectivity index (χ0v) is 9.24. The van der Waals surface area contributed by atoms with Crippen LogP contribution >= 0.6 is 0 Å². The van der Waals surface area contributed by atoms with Crippen molar-refractivity contribution in [3.63, 3.8) is 0 Å². The van der Waals surface area contributed by atoms with E-state index in [9.17, 15) is 9.18 Å². The first kappa shape index (κ1) is 10.2. The lowest BCUT2D eigenvalue weighted by molar-refractivity contribution is 0.0994. The summed E-state index contributed by atoms with van der Waals surface area (Å²) in [6, 6.07) is 12.2. The quantitative estimate of drug-likeness (QED) is 0.725. The van der Waals surface area contributed by atoms with Gasteiger partial charge in [0.05, 0.1) is 0 Å². The molecule has 17 heavy (non-hydrogen) atoms. The highest BCUT2D eigenvalue weighted by molar-refractivity contribution is 6.02. The van der Waals surface area contributed by atoms with Gasteiger partial charge in [-0.1, -0.05) is 30.3 Å². The lowest BCUT2D eigenvalue weighted by Gasteiger charge is -2.07. The zero-order chi connectivity index (χ0) is 11.8. The van der Waals surface area contributed by atoms with Gasteiger partial charge in [-0.25, -0.2) is 4.39 Å². The van der Waals surface area contributed by atoms with Gasteiger partial charge in [-0.3, -0.25) is 4.79 Å². The van der Waals surface area contributed by atoms with E-state index in [2.05, 4.69) is 0 Å². The van der Waals surface area contributed by atoms with Crippen molar-refractivity contribution in [2.75, 3.05) is 0 Å². The van der Waals surface area contributed by atoms with Crippen LogP contribution in [-0.2, 0) is 6.42 Å². The van der Waals surface area contributed by atoms with Crippen LogP contribution in [0.3, 0.4) is 0 Å². The van der Waals surface area contributed by atoms with E-state index in [4.69, 9.17) is 0 Å². The first-order valence-corrected chi connectivity index (χ1v) is 5.67. The summed E-state index contributed by atoms with van der Waals surface area (Å²) in [7, 11) is 0. The van der Waals surface area contributed by atoms with Gasteiger partial charge >= 0.3 is 0 Å². The monoisotopic (exact) mass is 226 g/mol. The fourth-order valence-corrected chi connectivity index (χ4v) is 2.39. The highest BCUT2D eigenvalue weighted by Crippen LogP contribution is 2.32. The topological polar surface area (TPSA) is 17.1 Å². The number of carbonyl (C=O) groups is 1. The van der Waals surface area contributed by atoms with Crippen molar-refractivity contribution in [2.45, 2.75) is 12.8 Å². The van der Waals surface area contributed by atoms with Gasteiger partial charge in [0, 0.05) is 12.0 Å². The molecule has 2 heteroatoms. The Hall–Kier alpha value is -1.96. The molecular weight excluding hydrogens is 215 g/mol. The average molecular weight is 226 g/mol. The van der Waals surface area contributed by atoms with Crippen LogP contribution in [0.5, 0.6) is 0 Å². The molecule has 2 aromatic rings. The number of benzene rings is 2. The van der Waals surface area contributed by atoms with Crippen LogP contribution in [0.1, 0.15) is 22.3 Å². The van der Waals surface area contributed by atoms with Crippen molar-refractivity contribution in [3.8, 4) is 11.1 Å². The SMILES string of the molecule is O=C1CCc2c1cccc2-c1ccc(F)cc1. The van der Waals surface area contributed by atoms with Crippen LogP contribution in [0.2, 0.25) is 0 Å². The maximum atomic E-state index is 12.9. The number of rotatable bonds is 1. The van der Waals surface area contributed by atoms with E-state index >= 15 is 0 Å². The zero-order valence-electron chi connectivity index (χ0n) is 9.24. The van der Waals surface area contributed by atoms with E-state index in [-0.39, 0.29) is 11.6 Å². The molecule has 1 aliphatic carbocycles. The molecule has 0 bridgehead atoms. The molecule has 0 saturated heterocycles. The lowest BCUT2D eigenvalue weighted by Crippen LogP contribution is -1.92. The van der Waals surface area contributed by atoms with Gasteiger partial charge in [-0.05, 0) is 35.2 Å². The van der Waals surface area contributed by atoms with Gasteiger partial charge in [-0.15, -0.1) is 0 Å². The van der Waals surface area contributed by atoms with Gasteiger partial charge in [0.25, 0.3) is 0 Å². The molecule has 0 aliphatic heterocycles. The molecule has 3 rings (SSSR count). The molecule has 0 spiro atoms. The Morgan fingerprint density at radius 2 is 1.59 bits per heavy atom. The first-order valence-electron chi connectivity index (χ1n) is 5.67. The Bertz CT molecular complexity index is 584. The Balaban J connectivity index is 2.16. The number of Topliss-reactive ketones (excluding diaryl/α,β-unsaturated/α-hetero) is 1. The fraction of sp³-hybridized carbons (Fsp3) is 0.133. The van der Waals surface area contributed by atoms with Gasteiger partial charge in [-0.2, -0.15) is 0 Å². The Kier molecular flexibility index (Phi) is 2.29. The minimum Gasteiger partial charge on any atom is -0.294 e. The molecule has 1 nitrogen and oxygen atoms in total.